The molecule has 5 rings (SSSR count). The first-order chi connectivity index (χ1) is 16.0. The summed E-state index contributed by atoms with van der Waals surface area (Å²) in [5.74, 6) is -0.245. The van der Waals surface area contributed by atoms with Crippen LogP contribution in [0.15, 0.2) is 30.7 Å². The van der Waals surface area contributed by atoms with Crippen molar-refractivity contribution in [3.8, 4) is 6.07 Å². The molecule has 0 aromatic carbocycles. The summed E-state index contributed by atoms with van der Waals surface area (Å²) in [5, 5.41) is 24.7. The van der Waals surface area contributed by atoms with E-state index in [1.165, 1.54) is 23.1 Å². The van der Waals surface area contributed by atoms with Crippen LogP contribution in [0.1, 0.15) is 43.7 Å². The topological polar surface area (TPSA) is 111 Å². The summed E-state index contributed by atoms with van der Waals surface area (Å²) in [6.07, 6.45) is 6.07. The van der Waals surface area contributed by atoms with Crippen LogP contribution < -0.4 is 16.0 Å². The van der Waals surface area contributed by atoms with Crippen molar-refractivity contribution < 1.29 is 4.79 Å². The zero-order chi connectivity index (χ0) is 22.9. The van der Waals surface area contributed by atoms with Gasteiger partial charge in [-0.25, -0.2) is 0 Å². The first-order valence-electron chi connectivity index (χ1n) is 11.0. The highest BCUT2D eigenvalue weighted by Gasteiger charge is 2.31. The van der Waals surface area contributed by atoms with Crippen LogP contribution in [0.3, 0.4) is 0 Å². The second-order valence-corrected chi connectivity index (χ2v) is 9.62. The molecule has 0 spiro atoms. The highest BCUT2D eigenvalue weighted by Crippen LogP contribution is 2.37. The third-order valence-electron chi connectivity index (χ3n) is 6.27. The van der Waals surface area contributed by atoms with Gasteiger partial charge in [0.2, 0.25) is 0 Å². The van der Waals surface area contributed by atoms with E-state index in [4.69, 9.17) is 0 Å². The molecule has 2 aliphatic heterocycles. The molecule has 3 aromatic rings. The first-order valence-corrected chi connectivity index (χ1v) is 11.8. The van der Waals surface area contributed by atoms with Gasteiger partial charge in [0.25, 0.3) is 5.91 Å². The summed E-state index contributed by atoms with van der Waals surface area (Å²) in [5.41, 5.74) is 4.41. The maximum Gasteiger partial charge on any atom is 0.259 e. The molecule has 0 saturated carbocycles. The standard InChI is InChI=1S/C23H26N8OS/c1-14-7-15(3-5-25-14)19-10-27-21(11-26-19)31-6-4-17-18(8-24)23(33-20(17)13-31)29-22(32)16-9-28-30(2)12-16/h3,5,7,9,12,19,21,26-27H,4,6,10-11,13H2,1-2H3,(H,29,32). The van der Waals surface area contributed by atoms with Crippen molar-refractivity contribution >= 4 is 22.2 Å². The lowest BCUT2D eigenvalue weighted by Gasteiger charge is -2.40. The quantitative estimate of drug-likeness (QED) is 0.543. The first kappa shape index (κ1) is 21.7. The highest BCUT2D eigenvalue weighted by atomic mass is 32.1. The SMILES string of the molecule is Cc1cc(C2CNC(N3CCc4c(sc(NC(=O)c5cnn(C)c5)c4C#N)C3)CN2)ccn1. The number of aryl methyl sites for hydroxylation is 2. The van der Waals surface area contributed by atoms with Crippen LogP contribution >= 0.6 is 11.3 Å². The number of aromatic nitrogens is 3. The highest BCUT2D eigenvalue weighted by molar-refractivity contribution is 7.16. The molecule has 1 fully saturated rings. The molecule has 2 unspecified atom stereocenters. The maximum absolute atomic E-state index is 12.6. The Morgan fingerprint density at radius 1 is 1.36 bits per heavy atom. The minimum absolute atomic E-state index is 0.221. The molecule has 10 heteroatoms. The van der Waals surface area contributed by atoms with E-state index in [2.05, 4.69) is 49.1 Å². The van der Waals surface area contributed by atoms with Crippen molar-refractivity contribution in [1.82, 2.24) is 30.3 Å². The predicted octanol–water partition coefficient (Wildman–Crippen LogP) is 1.93. The number of rotatable bonds is 4. The van der Waals surface area contributed by atoms with E-state index in [0.29, 0.717) is 16.1 Å². The molecule has 2 atom stereocenters. The average Bonchev–Trinajstić information content (AvgIpc) is 3.41. The van der Waals surface area contributed by atoms with Crippen molar-refractivity contribution in [2.45, 2.75) is 32.1 Å². The minimum atomic E-state index is -0.245. The van der Waals surface area contributed by atoms with Crippen LogP contribution in [0, 0.1) is 18.3 Å². The molecule has 0 radical (unpaired) electrons. The minimum Gasteiger partial charge on any atom is -0.312 e. The number of hydrogen-bond donors (Lipinski definition) is 3. The predicted molar refractivity (Wildman–Crippen MR) is 126 cm³/mol. The fourth-order valence-electron chi connectivity index (χ4n) is 4.54. The van der Waals surface area contributed by atoms with E-state index in [1.807, 2.05) is 13.1 Å². The van der Waals surface area contributed by atoms with Crippen molar-refractivity contribution in [2.75, 3.05) is 25.0 Å². The van der Waals surface area contributed by atoms with Crippen LogP contribution in [-0.4, -0.2) is 51.4 Å². The zero-order valence-corrected chi connectivity index (χ0v) is 19.4. The molecule has 170 valence electrons. The molecule has 0 aliphatic carbocycles. The van der Waals surface area contributed by atoms with Gasteiger partial charge in [-0.2, -0.15) is 10.4 Å². The Labute approximate surface area is 196 Å². The van der Waals surface area contributed by atoms with Gasteiger partial charge < -0.3 is 10.6 Å². The van der Waals surface area contributed by atoms with Gasteiger partial charge in [-0.05, 0) is 36.6 Å². The number of carbonyl (C=O) groups is 1. The lowest BCUT2D eigenvalue weighted by molar-refractivity contribution is 0.102. The van der Waals surface area contributed by atoms with Gasteiger partial charge in [-0.1, -0.05) is 0 Å². The molecule has 1 amide bonds. The summed E-state index contributed by atoms with van der Waals surface area (Å²) in [7, 11) is 1.77. The number of amides is 1. The number of thiophene rings is 1. The second-order valence-electron chi connectivity index (χ2n) is 8.51. The number of nitrogens with one attached hydrogen (secondary N) is 3. The third kappa shape index (κ3) is 4.41. The Morgan fingerprint density at radius 3 is 2.94 bits per heavy atom. The number of piperazine rings is 1. The lowest BCUT2D eigenvalue weighted by Crippen LogP contribution is -2.58. The van der Waals surface area contributed by atoms with Crippen LogP contribution in [0.25, 0.3) is 0 Å². The average molecular weight is 463 g/mol. The van der Waals surface area contributed by atoms with Gasteiger partial charge >= 0.3 is 0 Å². The maximum atomic E-state index is 12.6. The van der Waals surface area contributed by atoms with Crippen molar-refractivity contribution in [3.05, 3.63) is 63.5 Å². The lowest BCUT2D eigenvalue weighted by atomic mass is 10.0. The van der Waals surface area contributed by atoms with Gasteiger partial charge in [0.1, 0.15) is 11.1 Å². The normalized spacial score (nSPS) is 20.8. The number of nitriles is 1. The molecule has 9 nitrogen and oxygen atoms in total. The second kappa shape index (κ2) is 9.03. The van der Waals surface area contributed by atoms with E-state index < -0.39 is 0 Å². The number of nitrogens with zero attached hydrogens (tertiary/aromatic N) is 5. The van der Waals surface area contributed by atoms with Gasteiger partial charge in [-0.3, -0.25) is 24.7 Å². The van der Waals surface area contributed by atoms with Gasteiger partial charge in [0, 0.05) is 62.2 Å². The van der Waals surface area contributed by atoms with Gasteiger partial charge in [-0.15, -0.1) is 11.3 Å². The molecule has 5 heterocycles. The Bertz CT molecular complexity index is 1220. The molecule has 3 N–H and O–H groups in total. The molecule has 3 aromatic heterocycles. The van der Waals surface area contributed by atoms with Crippen LogP contribution in [-0.2, 0) is 20.0 Å². The number of hydrogen-bond acceptors (Lipinski definition) is 8. The summed E-state index contributed by atoms with van der Waals surface area (Å²) in [4.78, 5) is 20.4. The van der Waals surface area contributed by atoms with E-state index in [0.717, 1.165) is 48.7 Å². The summed E-state index contributed by atoms with van der Waals surface area (Å²) in [6, 6.07) is 6.77. The molecule has 0 bridgehead atoms. The molecule has 1 saturated heterocycles. The zero-order valence-electron chi connectivity index (χ0n) is 18.6. The van der Waals surface area contributed by atoms with Crippen molar-refractivity contribution in [2.24, 2.45) is 7.05 Å². The van der Waals surface area contributed by atoms with Crippen molar-refractivity contribution in [1.29, 1.82) is 5.26 Å². The summed E-state index contributed by atoms with van der Waals surface area (Å²) in [6.45, 7) is 5.32. The molecule has 2 aliphatic rings. The third-order valence-corrected chi connectivity index (χ3v) is 7.40. The van der Waals surface area contributed by atoms with Crippen LogP contribution in [0.4, 0.5) is 5.00 Å². The molecule has 33 heavy (non-hydrogen) atoms. The Morgan fingerprint density at radius 2 is 2.24 bits per heavy atom. The number of carbonyl (C=O) groups excluding carboxylic acids is 1. The van der Waals surface area contributed by atoms with Crippen LogP contribution in [0.5, 0.6) is 0 Å². The summed E-state index contributed by atoms with van der Waals surface area (Å²) < 4.78 is 1.59. The van der Waals surface area contributed by atoms with E-state index in [9.17, 15) is 10.1 Å². The van der Waals surface area contributed by atoms with Gasteiger partial charge in [0.15, 0.2) is 0 Å². The molecular weight excluding hydrogens is 436 g/mol. The summed E-state index contributed by atoms with van der Waals surface area (Å²) >= 11 is 1.50. The smallest absolute Gasteiger partial charge is 0.259 e. The van der Waals surface area contributed by atoms with E-state index in [-0.39, 0.29) is 18.1 Å². The largest absolute Gasteiger partial charge is 0.312 e. The van der Waals surface area contributed by atoms with Gasteiger partial charge in [0.05, 0.1) is 23.5 Å². The number of anilines is 1. The molecular formula is C23H26N8OS. The van der Waals surface area contributed by atoms with Crippen LogP contribution in [0.2, 0.25) is 0 Å². The number of pyridine rings is 1. The Hall–Kier alpha value is -3.10. The van der Waals surface area contributed by atoms with E-state index in [1.54, 1.807) is 17.9 Å². The van der Waals surface area contributed by atoms with E-state index >= 15 is 0 Å². The Balaban J connectivity index is 1.25. The fourth-order valence-corrected chi connectivity index (χ4v) is 5.76. The fraction of sp³-hybridized carbons (Fsp3) is 0.391. The number of fused-ring (bicyclic) bond motifs is 1. The monoisotopic (exact) mass is 462 g/mol. The Kier molecular flexibility index (Phi) is 5.95. The van der Waals surface area contributed by atoms with Crippen molar-refractivity contribution in [3.63, 3.8) is 0 Å².